The van der Waals surface area contributed by atoms with Crippen molar-refractivity contribution in [3.05, 3.63) is 58.0 Å². The van der Waals surface area contributed by atoms with Crippen molar-refractivity contribution in [1.82, 2.24) is 9.88 Å². The van der Waals surface area contributed by atoms with Gasteiger partial charge in [-0.05, 0) is 48.9 Å². The van der Waals surface area contributed by atoms with Gasteiger partial charge in [-0.25, -0.2) is 9.37 Å². The van der Waals surface area contributed by atoms with E-state index in [1.807, 2.05) is 4.90 Å². The van der Waals surface area contributed by atoms with Gasteiger partial charge < -0.3 is 14.5 Å². The van der Waals surface area contributed by atoms with Crippen LogP contribution < -0.4 is 4.90 Å². The average Bonchev–Trinajstić information content (AvgIpc) is 2.81. The Morgan fingerprint density at radius 1 is 1.25 bits per heavy atom. The Bertz CT molecular complexity index is 1180. The summed E-state index contributed by atoms with van der Waals surface area (Å²) in [4.78, 5) is 22.4. The van der Waals surface area contributed by atoms with E-state index in [0.29, 0.717) is 43.8 Å². The minimum atomic E-state index is -0.339. The molecule has 6 nitrogen and oxygen atoms in total. The number of nitrogens with zero attached hydrogens (tertiary/aromatic N) is 4. The van der Waals surface area contributed by atoms with E-state index in [1.165, 1.54) is 12.1 Å². The zero-order valence-corrected chi connectivity index (χ0v) is 22.3. The predicted molar refractivity (Wildman–Crippen MR) is 138 cm³/mol. The Labute approximate surface area is 214 Å². The Morgan fingerprint density at radius 3 is 2.64 bits per heavy atom. The van der Waals surface area contributed by atoms with Gasteiger partial charge in [-0.2, -0.15) is 5.26 Å². The highest BCUT2D eigenvalue weighted by atomic mass is 19.1. The zero-order valence-electron chi connectivity index (χ0n) is 22.3. The summed E-state index contributed by atoms with van der Waals surface area (Å²) in [5.41, 5.74) is 4.06. The topological polar surface area (TPSA) is 69.5 Å². The van der Waals surface area contributed by atoms with E-state index >= 15 is 0 Å². The van der Waals surface area contributed by atoms with Crippen LogP contribution in [-0.4, -0.2) is 47.1 Å². The van der Waals surface area contributed by atoms with E-state index < -0.39 is 0 Å². The quantitative estimate of drug-likeness (QED) is 0.589. The van der Waals surface area contributed by atoms with Crippen LogP contribution in [0.2, 0.25) is 0 Å². The van der Waals surface area contributed by atoms with E-state index in [0.717, 1.165) is 22.6 Å². The van der Waals surface area contributed by atoms with Crippen LogP contribution in [0.25, 0.3) is 0 Å². The van der Waals surface area contributed by atoms with E-state index in [1.54, 1.807) is 12.1 Å². The fourth-order valence-corrected chi connectivity index (χ4v) is 5.41. The summed E-state index contributed by atoms with van der Waals surface area (Å²) in [7, 11) is 0. The van der Waals surface area contributed by atoms with Crippen LogP contribution in [0.4, 0.5) is 10.2 Å². The van der Waals surface area contributed by atoms with Crippen molar-refractivity contribution in [2.24, 2.45) is 5.92 Å². The minimum absolute atomic E-state index is 0.000348. The van der Waals surface area contributed by atoms with E-state index in [2.05, 4.69) is 52.5 Å². The maximum Gasteiger partial charge on any atom is 0.227 e. The number of hydrogen-bond acceptors (Lipinski definition) is 5. The van der Waals surface area contributed by atoms with E-state index in [-0.39, 0.29) is 41.6 Å². The molecule has 0 radical (unpaired) electrons. The van der Waals surface area contributed by atoms with Crippen LogP contribution in [0, 0.1) is 23.1 Å². The Balaban J connectivity index is 1.65. The zero-order chi connectivity index (χ0) is 26.2. The number of carbonyl (C=O) groups excluding carboxylic acids is 1. The van der Waals surface area contributed by atoms with Gasteiger partial charge in [0.25, 0.3) is 0 Å². The molecule has 2 aliphatic heterocycles. The smallest absolute Gasteiger partial charge is 0.227 e. The number of ether oxygens (including phenoxy) is 1. The second-order valence-corrected chi connectivity index (χ2v) is 11.3. The molecule has 2 aliphatic rings. The first-order valence-electron chi connectivity index (χ1n) is 12.9. The first kappa shape index (κ1) is 26.1. The van der Waals surface area contributed by atoms with Gasteiger partial charge in [0.1, 0.15) is 17.7 Å². The lowest BCUT2D eigenvalue weighted by Crippen LogP contribution is -2.58. The molecule has 0 saturated carbocycles. The Morgan fingerprint density at radius 2 is 2.00 bits per heavy atom. The molecule has 1 atom stereocenters. The van der Waals surface area contributed by atoms with Gasteiger partial charge in [0.15, 0.2) is 0 Å². The number of rotatable bonds is 5. The number of carbonyl (C=O) groups is 1. The molecule has 0 unspecified atom stereocenters. The lowest BCUT2D eigenvalue weighted by Gasteiger charge is -2.45. The van der Waals surface area contributed by atoms with Crippen LogP contribution in [0.1, 0.15) is 75.4 Å². The molecule has 1 saturated heterocycles. The third-order valence-electron chi connectivity index (χ3n) is 7.35. The summed E-state index contributed by atoms with van der Waals surface area (Å²) in [5.74, 6) is 0.803. The number of pyridine rings is 1. The molecular formula is C29H37FN4O2. The van der Waals surface area contributed by atoms with Crippen LogP contribution >= 0.6 is 0 Å². The van der Waals surface area contributed by atoms with Crippen molar-refractivity contribution in [2.75, 3.05) is 24.5 Å². The van der Waals surface area contributed by atoms with Crippen LogP contribution in [0.5, 0.6) is 0 Å². The maximum absolute atomic E-state index is 13.7. The second-order valence-electron chi connectivity index (χ2n) is 11.3. The lowest BCUT2D eigenvalue weighted by molar-refractivity contribution is -0.134. The van der Waals surface area contributed by atoms with E-state index in [9.17, 15) is 14.4 Å². The molecule has 1 aromatic carbocycles. The van der Waals surface area contributed by atoms with Crippen molar-refractivity contribution >= 4 is 11.7 Å². The molecule has 0 spiro atoms. The number of halogens is 1. The van der Waals surface area contributed by atoms with E-state index in [4.69, 9.17) is 9.72 Å². The van der Waals surface area contributed by atoms with Gasteiger partial charge in [-0.3, -0.25) is 4.79 Å². The number of hydrogen-bond donors (Lipinski definition) is 0. The fraction of sp³-hybridized carbons (Fsp3) is 0.552. The Hall–Kier alpha value is -2.98. The Kier molecular flexibility index (Phi) is 7.38. The van der Waals surface area contributed by atoms with Gasteiger partial charge in [-0.1, -0.05) is 39.8 Å². The van der Waals surface area contributed by atoms with Gasteiger partial charge in [-0.15, -0.1) is 0 Å². The minimum Gasteiger partial charge on any atom is -0.370 e. The van der Waals surface area contributed by atoms with Crippen molar-refractivity contribution in [2.45, 2.75) is 78.6 Å². The number of benzene rings is 1. The van der Waals surface area contributed by atoms with Crippen LogP contribution in [0.15, 0.2) is 24.3 Å². The molecule has 36 heavy (non-hydrogen) atoms. The van der Waals surface area contributed by atoms with Crippen molar-refractivity contribution in [3.63, 3.8) is 0 Å². The monoisotopic (exact) mass is 492 g/mol. The molecular weight excluding hydrogens is 455 g/mol. The fourth-order valence-electron chi connectivity index (χ4n) is 5.41. The first-order valence-corrected chi connectivity index (χ1v) is 12.9. The number of anilines is 1. The molecule has 0 aliphatic carbocycles. The van der Waals surface area contributed by atoms with Crippen molar-refractivity contribution < 1.29 is 13.9 Å². The highest BCUT2D eigenvalue weighted by Crippen LogP contribution is 2.38. The summed E-state index contributed by atoms with van der Waals surface area (Å²) >= 11 is 0. The summed E-state index contributed by atoms with van der Waals surface area (Å²) in [5, 5.41) is 10.3. The highest BCUT2D eigenvalue weighted by Gasteiger charge is 2.37. The molecule has 1 fully saturated rings. The molecule has 1 amide bonds. The summed E-state index contributed by atoms with van der Waals surface area (Å²) in [6.07, 6.45) is 0.842. The molecule has 0 N–H and O–H groups in total. The predicted octanol–water partition coefficient (Wildman–Crippen LogP) is 4.98. The summed E-state index contributed by atoms with van der Waals surface area (Å²) in [6, 6.07) is 8.67. The number of aromatic nitrogens is 1. The molecule has 2 aromatic rings. The van der Waals surface area contributed by atoms with Gasteiger partial charge in [0, 0.05) is 31.6 Å². The molecule has 0 bridgehead atoms. The number of amides is 1. The molecule has 4 rings (SSSR count). The third kappa shape index (κ3) is 5.24. The molecule has 7 heteroatoms. The normalized spacial score (nSPS) is 19.4. The third-order valence-corrected chi connectivity index (χ3v) is 7.35. The van der Waals surface area contributed by atoms with Gasteiger partial charge in [0.2, 0.25) is 5.91 Å². The summed E-state index contributed by atoms with van der Waals surface area (Å²) in [6.45, 7) is 14.8. The molecule has 1 aromatic heterocycles. The highest BCUT2D eigenvalue weighted by molar-refractivity contribution is 5.79. The molecule has 3 heterocycles. The van der Waals surface area contributed by atoms with Gasteiger partial charge >= 0.3 is 0 Å². The second kappa shape index (κ2) is 10.2. The SMILES string of the molecule is CC(C)c1nc(N2CCN(C(=O)Cc3cccc(F)c3)[C@H](C(C)C)C2)c(C#N)c2c1COC(C)(C)C2. The largest absolute Gasteiger partial charge is 0.370 e. The van der Waals surface area contributed by atoms with Crippen molar-refractivity contribution in [1.29, 1.82) is 5.26 Å². The number of fused-ring (bicyclic) bond motifs is 1. The number of piperazine rings is 1. The van der Waals surface area contributed by atoms with Crippen LogP contribution in [0.3, 0.4) is 0 Å². The van der Waals surface area contributed by atoms with Gasteiger partial charge in [0.05, 0.1) is 35.9 Å². The van der Waals surface area contributed by atoms with Crippen LogP contribution in [-0.2, 0) is 29.0 Å². The lowest BCUT2D eigenvalue weighted by atomic mass is 9.86. The molecule has 192 valence electrons. The average molecular weight is 493 g/mol. The first-order chi connectivity index (χ1) is 17.0. The number of nitriles is 1. The summed E-state index contributed by atoms with van der Waals surface area (Å²) < 4.78 is 19.7. The standard InChI is InChI=1S/C29H37FN4O2/c1-18(2)25-16-33(10-11-34(25)26(35)13-20-8-7-9-21(30)12-20)28-23(15-31)22-14-29(5,6)36-17-24(22)27(32-28)19(3)4/h7-9,12,18-19,25H,10-11,13-14,16-17H2,1-6H3/t25-/m0/s1. The van der Waals surface area contributed by atoms with Crippen molar-refractivity contribution in [3.8, 4) is 6.07 Å². The maximum atomic E-state index is 13.7.